The molecule has 2 heteroatoms. The average Bonchev–Trinajstić information content (AvgIpc) is 2.76. The van der Waals surface area contributed by atoms with Crippen LogP contribution >= 0.6 is 0 Å². The van der Waals surface area contributed by atoms with Crippen LogP contribution in [0, 0.1) is 17.8 Å². The molecule has 0 aromatic carbocycles. The maximum Gasteiger partial charge on any atom is 0.105 e. The van der Waals surface area contributed by atoms with E-state index in [1.165, 1.54) is 23.1 Å². The molecule has 2 aliphatic rings. The fraction of sp³-hybridized carbons (Fsp3) is 0.700. The average molecular weight is 304 g/mol. The van der Waals surface area contributed by atoms with Crippen LogP contribution in [-0.2, 0) is 4.89 Å². The predicted octanol–water partition coefficient (Wildman–Crippen LogP) is 5.92. The lowest BCUT2D eigenvalue weighted by Gasteiger charge is -2.34. The highest BCUT2D eigenvalue weighted by Crippen LogP contribution is 2.47. The summed E-state index contributed by atoms with van der Waals surface area (Å²) in [6, 6.07) is 0. The monoisotopic (exact) mass is 304 g/mol. The Balaban J connectivity index is 2.19. The van der Waals surface area contributed by atoms with E-state index >= 15 is 0 Å². The Morgan fingerprint density at radius 2 is 2.23 bits per heavy atom. The third kappa shape index (κ3) is 3.72. The minimum atomic E-state index is -0.435. The lowest BCUT2D eigenvalue weighted by molar-refractivity contribution is -0.334. The highest BCUT2D eigenvalue weighted by atomic mass is 17.1. The van der Waals surface area contributed by atoms with Crippen molar-refractivity contribution in [1.29, 1.82) is 0 Å². The van der Waals surface area contributed by atoms with Crippen LogP contribution in [0.5, 0.6) is 0 Å². The van der Waals surface area contributed by atoms with E-state index < -0.39 is 5.60 Å². The summed E-state index contributed by atoms with van der Waals surface area (Å²) in [4.78, 5) is 4.98. The van der Waals surface area contributed by atoms with Crippen LogP contribution in [0.1, 0.15) is 66.7 Å². The van der Waals surface area contributed by atoms with Crippen LogP contribution in [0.3, 0.4) is 0 Å². The van der Waals surface area contributed by atoms with E-state index in [1.54, 1.807) is 0 Å². The Morgan fingerprint density at radius 3 is 2.86 bits per heavy atom. The van der Waals surface area contributed by atoms with E-state index in [0.29, 0.717) is 11.8 Å². The van der Waals surface area contributed by atoms with Gasteiger partial charge in [-0.05, 0) is 64.4 Å². The summed E-state index contributed by atoms with van der Waals surface area (Å²) < 4.78 is 0. The van der Waals surface area contributed by atoms with E-state index in [2.05, 4.69) is 52.8 Å². The van der Waals surface area contributed by atoms with Gasteiger partial charge in [0.15, 0.2) is 0 Å². The van der Waals surface area contributed by atoms with Crippen molar-refractivity contribution in [3.8, 4) is 0 Å². The molecule has 2 rings (SSSR count). The van der Waals surface area contributed by atoms with Gasteiger partial charge in [0.2, 0.25) is 0 Å². The van der Waals surface area contributed by atoms with Crippen LogP contribution in [0.15, 0.2) is 34.9 Å². The Kier molecular flexibility index (Phi) is 5.68. The lowest BCUT2D eigenvalue weighted by atomic mass is 9.78. The van der Waals surface area contributed by atoms with Gasteiger partial charge in [-0.1, -0.05) is 43.2 Å². The first-order chi connectivity index (χ1) is 10.4. The first-order valence-electron chi connectivity index (χ1n) is 8.74. The van der Waals surface area contributed by atoms with Crippen molar-refractivity contribution in [3.63, 3.8) is 0 Å². The smallest absolute Gasteiger partial charge is 0.105 e. The van der Waals surface area contributed by atoms with Crippen molar-refractivity contribution in [2.45, 2.75) is 72.3 Å². The number of rotatable bonds is 5. The molecule has 0 fully saturated rings. The molecule has 0 radical (unpaired) electrons. The van der Waals surface area contributed by atoms with Crippen molar-refractivity contribution >= 4 is 0 Å². The second-order valence-corrected chi connectivity index (χ2v) is 7.77. The molecule has 124 valence electrons. The first kappa shape index (κ1) is 17.5. The van der Waals surface area contributed by atoms with E-state index in [1.807, 2.05) is 0 Å². The molecule has 0 unspecified atom stereocenters. The van der Waals surface area contributed by atoms with Crippen molar-refractivity contribution < 1.29 is 10.1 Å². The molecule has 2 aliphatic carbocycles. The Morgan fingerprint density at radius 1 is 1.50 bits per heavy atom. The molecule has 0 saturated heterocycles. The van der Waals surface area contributed by atoms with Gasteiger partial charge in [0, 0.05) is 11.8 Å². The molecule has 3 atom stereocenters. The molecule has 2 nitrogen and oxygen atoms in total. The van der Waals surface area contributed by atoms with Gasteiger partial charge in [-0.2, -0.15) is 0 Å². The second-order valence-electron chi connectivity index (χ2n) is 7.77. The largest absolute Gasteiger partial charge is 0.251 e. The molecule has 22 heavy (non-hydrogen) atoms. The van der Waals surface area contributed by atoms with Crippen molar-refractivity contribution in [1.82, 2.24) is 0 Å². The summed E-state index contributed by atoms with van der Waals surface area (Å²) in [5, 5.41) is 9.48. The standard InChI is InChI=1S/C20H32O2/c1-14(2)7-6-8-15(3)17-11-12-20(5,22-21)19-10-9-16(4)18(19)13-17/h8-9,13-14,18-19,21H,6-7,10-12H2,1-5H3/b15-8+/t18-,19-,20+/m1/s1. The third-order valence-corrected chi connectivity index (χ3v) is 5.62. The molecular weight excluding hydrogens is 272 g/mol. The van der Waals surface area contributed by atoms with Crippen LogP contribution in [0.25, 0.3) is 0 Å². The van der Waals surface area contributed by atoms with E-state index in [-0.39, 0.29) is 0 Å². The second kappa shape index (κ2) is 7.14. The van der Waals surface area contributed by atoms with Gasteiger partial charge < -0.3 is 0 Å². The molecule has 0 amide bonds. The molecular formula is C20H32O2. The van der Waals surface area contributed by atoms with Gasteiger partial charge >= 0.3 is 0 Å². The number of hydrogen-bond acceptors (Lipinski definition) is 2. The Bertz CT molecular complexity index is 484. The molecule has 0 aromatic heterocycles. The van der Waals surface area contributed by atoms with Crippen molar-refractivity contribution in [3.05, 3.63) is 34.9 Å². The van der Waals surface area contributed by atoms with Gasteiger partial charge in [-0.15, -0.1) is 0 Å². The zero-order valence-corrected chi connectivity index (χ0v) is 14.9. The summed E-state index contributed by atoms with van der Waals surface area (Å²) in [6.07, 6.45) is 12.4. The molecule has 0 spiro atoms. The highest BCUT2D eigenvalue weighted by molar-refractivity contribution is 5.35. The molecule has 0 aromatic rings. The minimum Gasteiger partial charge on any atom is -0.251 e. The van der Waals surface area contributed by atoms with E-state index in [0.717, 1.165) is 31.6 Å². The van der Waals surface area contributed by atoms with Gasteiger partial charge in [0.25, 0.3) is 0 Å². The first-order valence-corrected chi connectivity index (χ1v) is 8.74. The van der Waals surface area contributed by atoms with Crippen molar-refractivity contribution in [2.24, 2.45) is 17.8 Å². The minimum absolute atomic E-state index is 0.360. The number of allylic oxidation sites excluding steroid dienone is 6. The number of fused-ring (bicyclic) bond motifs is 1. The Labute approximate surface area is 135 Å². The predicted molar refractivity (Wildman–Crippen MR) is 92.6 cm³/mol. The zero-order chi connectivity index (χ0) is 16.3. The van der Waals surface area contributed by atoms with Gasteiger partial charge in [-0.25, -0.2) is 4.89 Å². The molecule has 0 bridgehead atoms. The summed E-state index contributed by atoms with van der Waals surface area (Å²) in [5.41, 5.74) is 3.83. The molecule has 0 aliphatic heterocycles. The summed E-state index contributed by atoms with van der Waals surface area (Å²) in [6.45, 7) is 11.0. The maximum atomic E-state index is 9.48. The quantitative estimate of drug-likeness (QED) is 0.388. The van der Waals surface area contributed by atoms with Gasteiger partial charge in [0.1, 0.15) is 5.60 Å². The summed E-state index contributed by atoms with van der Waals surface area (Å²) in [7, 11) is 0. The number of hydrogen-bond donors (Lipinski definition) is 1. The third-order valence-electron chi connectivity index (χ3n) is 5.62. The molecule has 0 heterocycles. The maximum absolute atomic E-state index is 9.48. The lowest BCUT2D eigenvalue weighted by Crippen LogP contribution is -2.38. The van der Waals surface area contributed by atoms with Crippen molar-refractivity contribution in [2.75, 3.05) is 0 Å². The van der Waals surface area contributed by atoms with Gasteiger partial charge in [0.05, 0.1) is 0 Å². The van der Waals surface area contributed by atoms with Crippen LogP contribution in [0.2, 0.25) is 0 Å². The van der Waals surface area contributed by atoms with Crippen LogP contribution in [0.4, 0.5) is 0 Å². The van der Waals surface area contributed by atoms with Crippen LogP contribution in [-0.4, -0.2) is 10.9 Å². The molecule has 1 N–H and O–H groups in total. The zero-order valence-electron chi connectivity index (χ0n) is 14.9. The van der Waals surface area contributed by atoms with E-state index in [9.17, 15) is 5.26 Å². The fourth-order valence-electron chi connectivity index (χ4n) is 3.86. The summed E-state index contributed by atoms with van der Waals surface area (Å²) >= 11 is 0. The van der Waals surface area contributed by atoms with E-state index in [4.69, 9.17) is 4.89 Å². The summed E-state index contributed by atoms with van der Waals surface area (Å²) in [5.74, 6) is 1.52. The van der Waals surface area contributed by atoms with Crippen LogP contribution < -0.4 is 0 Å². The fourth-order valence-corrected chi connectivity index (χ4v) is 3.86. The SMILES string of the molecule is CC1=CC[C@@H]2[C@@H]1C=C(/C(C)=C/CCC(C)C)CC[C@]2(C)OO. The Hall–Kier alpha value is -0.860. The normalized spacial score (nSPS) is 32.6. The topological polar surface area (TPSA) is 29.5 Å². The molecule has 0 saturated carbocycles. The highest BCUT2D eigenvalue weighted by Gasteiger charge is 2.44. The van der Waals surface area contributed by atoms with Gasteiger partial charge in [-0.3, -0.25) is 5.26 Å².